The zero-order valence-corrected chi connectivity index (χ0v) is 14.0. The Bertz CT molecular complexity index is 224. The molecule has 1 fully saturated rings. The van der Waals surface area contributed by atoms with Crippen molar-refractivity contribution in [3.05, 3.63) is 0 Å². The number of hydrogen-bond acceptors (Lipinski definition) is 5. The lowest BCUT2D eigenvalue weighted by molar-refractivity contribution is 0.0346. The first-order valence-corrected chi connectivity index (χ1v) is 9.10. The van der Waals surface area contributed by atoms with E-state index in [9.17, 15) is 5.11 Å². The van der Waals surface area contributed by atoms with Gasteiger partial charge in [-0.25, -0.2) is 0 Å². The molecule has 120 valence electrons. The predicted octanol–water partition coefficient (Wildman–Crippen LogP) is 1.44. The van der Waals surface area contributed by atoms with Gasteiger partial charge in [0.2, 0.25) is 0 Å². The van der Waals surface area contributed by atoms with Crippen molar-refractivity contribution >= 4 is 11.8 Å². The maximum atomic E-state index is 9.79. The smallest absolute Gasteiger partial charge is 0.0897 e. The minimum Gasteiger partial charge on any atom is -0.389 e. The lowest BCUT2D eigenvalue weighted by Gasteiger charge is -2.26. The van der Waals surface area contributed by atoms with Gasteiger partial charge in [-0.3, -0.25) is 0 Å². The van der Waals surface area contributed by atoms with Crippen LogP contribution >= 0.6 is 11.8 Å². The molecule has 0 spiro atoms. The SMILES string of the molecule is CC(C)CCCOCC(O)CNCCN1CCSCC1. The zero-order chi connectivity index (χ0) is 14.6. The van der Waals surface area contributed by atoms with Gasteiger partial charge in [-0.05, 0) is 18.8 Å². The first-order chi connectivity index (χ1) is 9.68. The van der Waals surface area contributed by atoms with Gasteiger partial charge < -0.3 is 20.1 Å². The molecule has 1 atom stereocenters. The van der Waals surface area contributed by atoms with Gasteiger partial charge in [0, 0.05) is 50.8 Å². The van der Waals surface area contributed by atoms with Crippen molar-refractivity contribution in [2.24, 2.45) is 5.92 Å². The molecule has 0 aromatic heterocycles. The number of nitrogens with one attached hydrogen (secondary N) is 1. The molecule has 0 bridgehead atoms. The van der Waals surface area contributed by atoms with Crippen LogP contribution in [0.1, 0.15) is 26.7 Å². The topological polar surface area (TPSA) is 44.7 Å². The summed E-state index contributed by atoms with van der Waals surface area (Å²) in [5.41, 5.74) is 0. The summed E-state index contributed by atoms with van der Waals surface area (Å²) in [6.07, 6.45) is 1.90. The lowest BCUT2D eigenvalue weighted by Crippen LogP contribution is -2.40. The molecule has 1 aliphatic rings. The van der Waals surface area contributed by atoms with Crippen LogP contribution in [-0.4, -0.2) is 73.6 Å². The fraction of sp³-hybridized carbons (Fsp3) is 1.00. The molecule has 0 amide bonds. The van der Waals surface area contributed by atoms with E-state index >= 15 is 0 Å². The van der Waals surface area contributed by atoms with E-state index in [1.807, 2.05) is 11.8 Å². The van der Waals surface area contributed by atoms with Crippen molar-refractivity contribution < 1.29 is 9.84 Å². The van der Waals surface area contributed by atoms with Crippen molar-refractivity contribution in [1.82, 2.24) is 10.2 Å². The summed E-state index contributed by atoms with van der Waals surface area (Å²) in [5, 5.41) is 13.1. The number of nitrogens with zero attached hydrogens (tertiary/aromatic N) is 1. The van der Waals surface area contributed by atoms with Crippen LogP contribution in [0.2, 0.25) is 0 Å². The van der Waals surface area contributed by atoms with Gasteiger partial charge in [0.15, 0.2) is 0 Å². The minimum absolute atomic E-state index is 0.383. The van der Waals surface area contributed by atoms with Crippen LogP contribution in [0, 0.1) is 5.92 Å². The summed E-state index contributed by atoms with van der Waals surface area (Å²) in [6.45, 7) is 10.7. The van der Waals surface area contributed by atoms with Crippen LogP contribution in [0.25, 0.3) is 0 Å². The number of aliphatic hydroxyl groups is 1. The molecule has 0 aliphatic carbocycles. The third-order valence-corrected chi connectivity index (χ3v) is 4.41. The summed E-state index contributed by atoms with van der Waals surface area (Å²) >= 11 is 2.04. The third-order valence-electron chi connectivity index (χ3n) is 3.47. The molecule has 0 radical (unpaired) electrons. The molecule has 1 rings (SSSR count). The normalized spacial score (nSPS) is 18.6. The van der Waals surface area contributed by atoms with Crippen molar-refractivity contribution in [3.8, 4) is 0 Å². The third kappa shape index (κ3) is 10.00. The van der Waals surface area contributed by atoms with Crippen molar-refractivity contribution in [2.75, 3.05) is 57.4 Å². The van der Waals surface area contributed by atoms with Gasteiger partial charge in [-0.15, -0.1) is 0 Å². The first kappa shape index (κ1) is 18.2. The van der Waals surface area contributed by atoms with Gasteiger partial charge >= 0.3 is 0 Å². The zero-order valence-electron chi connectivity index (χ0n) is 13.1. The highest BCUT2D eigenvalue weighted by Crippen LogP contribution is 2.07. The molecule has 0 aromatic rings. The Balaban J connectivity index is 1.85. The Hall–Kier alpha value is 0.190. The summed E-state index contributed by atoms with van der Waals surface area (Å²) in [7, 11) is 0. The largest absolute Gasteiger partial charge is 0.389 e. The predicted molar refractivity (Wildman–Crippen MR) is 87.5 cm³/mol. The molecule has 1 aliphatic heterocycles. The fourth-order valence-corrected chi connectivity index (χ4v) is 3.18. The van der Waals surface area contributed by atoms with Gasteiger partial charge in [-0.2, -0.15) is 11.8 Å². The quantitative estimate of drug-likeness (QED) is 0.566. The number of hydrogen-bond donors (Lipinski definition) is 2. The number of aliphatic hydroxyl groups excluding tert-OH is 1. The van der Waals surface area contributed by atoms with E-state index in [1.54, 1.807) is 0 Å². The Labute approximate surface area is 128 Å². The van der Waals surface area contributed by atoms with Crippen LogP contribution in [0.3, 0.4) is 0 Å². The molecule has 0 aromatic carbocycles. The van der Waals surface area contributed by atoms with E-state index in [0.717, 1.165) is 32.0 Å². The number of ether oxygens (including phenoxy) is 1. The molecule has 0 saturated carbocycles. The van der Waals surface area contributed by atoms with Crippen LogP contribution in [-0.2, 0) is 4.74 Å². The van der Waals surface area contributed by atoms with E-state index in [1.165, 1.54) is 31.0 Å². The maximum Gasteiger partial charge on any atom is 0.0897 e. The molecule has 1 unspecified atom stereocenters. The van der Waals surface area contributed by atoms with Gasteiger partial charge in [0.25, 0.3) is 0 Å². The molecule has 1 heterocycles. The average molecular weight is 305 g/mol. The second kappa shape index (κ2) is 11.8. The minimum atomic E-state index is -0.383. The fourth-order valence-electron chi connectivity index (χ4n) is 2.20. The summed E-state index contributed by atoms with van der Waals surface area (Å²) in [6, 6.07) is 0. The molecular formula is C15H32N2O2S. The second-order valence-electron chi connectivity index (χ2n) is 5.92. The van der Waals surface area contributed by atoms with Gasteiger partial charge in [0.1, 0.15) is 0 Å². The standard InChI is InChI=1S/C15H32N2O2S/c1-14(2)4-3-9-19-13-15(18)12-16-5-6-17-7-10-20-11-8-17/h14-16,18H,3-13H2,1-2H3. The van der Waals surface area contributed by atoms with Gasteiger partial charge in [0.05, 0.1) is 12.7 Å². The van der Waals surface area contributed by atoms with Crippen molar-refractivity contribution in [3.63, 3.8) is 0 Å². The van der Waals surface area contributed by atoms with E-state index in [0.29, 0.717) is 13.2 Å². The van der Waals surface area contributed by atoms with Crippen molar-refractivity contribution in [2.45, 2.75) is 32.8 Å². The average Bonchev–Trinajstić information content (AvgIpc) is 2.44. The van der Waals surface area contributed by atoms with E-state index < -0.39 is 0 Å². The molecule has 5 heteroatoms. The number of thioether (sulfide) groups is 1. The molecule has 20 heavy (non-hydrogen) atoms. The first-order valence-electron chi connectivity index (χ1n) is 7.95. The summed E-state index contributed by atoms with van der Waals surface area (Å²) in [4.78, 5) is 2.48. The van der Waals surface area contributed by atoms with E-state index in [4.69, 9.17) is 4.74 Å². The number of rotatable bonds is 11. The van der Waals surface area contributed by atoms with Crippen LogP contribution in [0.4, 0.5) is 0 Å². The molecule has 1 saturated heterocycles. The van der Waals surface area contributed by atoms with E-state index in [2.05, 4.69) is 24.1 Å². The Kier molecular flexibility index (Phi) is 10.8. The highest BCUT2D eigenvalue weighted by Gasteiger charge is 2.09. The van der Waals surface area contributed by atoms with Crippen LogP contribution in [0.15, 0.2) is 0 Å². The maximum absolute atomic E-state index is 9.79. The highest BCUT2D eigenvalue weighted by atomic mass is 32.2. The monoisotopic (exact) mass is 304 g/mol. The second-order valence-corrected chi connectivity index (χ2v) is 7.15. The Morgan fingerprint density at radius 1 is 1.30 bits per heavy atom. The Morgan fingerprint density at radius 2 is 2.05 bits per heavy atom. The molecule has 4 nitrogen and oxygen atoms in total. The Morgan fingerprint density at radius 3 is 2.75 bits per heavy atom. The van der Waals surface area contributed by atoms with E-state index in [-0.39, 0.29) is 6.10 Å². The van der Waals surface area contributed by atoms with Crippen LogP contribution in [0.5, 0.6) is 0 Å². The van der Waals surface area contributed by atoms with Crippen molar-refractivity contribution in [1.29, 1.82) is 0 Å². The molecule has 2 N–H and O–H groups in total. The summed E-state index contributed by atoms with van der Waals surface area (Å²) < 4.78 is 5.49. The van der Waals surface area contributed by atoms with Gasteiger partial charge in [-0.1, -0.05) is 13.8 Å². The lowest BCUT2D eigenvalue weighted by atomic mass is 10.1. The highest BCUT2D eigenvalue weighted by molar-refractivity contribution is 7.99. The molecular weight excluding hydrogens is 272 g/mol. The summed E-state index contributed by atoms with van der Waals surface area (Å²) in [5.74, 6) is 3.25. The van der Waals surface area contributed by atoms with Crippen LogP contribution < -0.4 is 5.32 Å².